The SMILES string of the molecule is Cc1cccc(S(=O)(=O)Cl)c1-c1ccccc1.Cc1cccc(S(=O)(=O)NC(C=O)CC(=O)O)c1-c1ccccc1. The fourth-order valence-corrected chi connectivity index (χ4v) is 6.85. The van der Waals surface area contributed by atoms with Crippen molar-refractivity contribution in [1.82, 2.24) is 4.72 Å². The van der Waals surface area contributed by atoms with E-state index in [2.05, 4.69) is 4.72 Å². The Balaban J connectivity index is 0.000000239. The van der Waals surface area contributed by atoms with E-state index in [1.54, 1.807) is 49.4 Å². The third-order valence-electron chi connectivity index (χ3n) is 6.01. The van der Waals surface area contributed by atoms with Crippen LogP contribution < -0.4 is 4.72 Å². The summed E-state index contributed by atoms with van der Waals surface area (Å²) in [5.74, 6) is -1.26. The predicted octanol–water partition coefficient (Wildman–Crippen LogP) is 5.57. The Kier molecular flexibility index (Phi) is 10.6. The summed E-state index contributed by atoms with van der Waals surface area (Å²) in [7, 11) is -2.34. The molecule has 0 saturated heterocycles. The van der Waals surface area contributed by atoms with Gasteiger partial charge in [0.25, 0.3) is 9.05 Å². The fourth-order valence-electron chi connectivity index (χ4n) is 4.23. The van der Waals surface area contributed by atoms with E-state index in [9.17, 15) is 26.4 Å². The number of sulfonamides is 1. The number of rotatable bonds is 9. The molecule has 0 spiro atoms. The highest BCUT2D eigenvalue weighted by Gasteiger charge is 2.25. The molecular formula is C30H28ClNO7S2. The number of aliphatic carboxylic acids is 1. The lowest BCUT2D eigenvalue weighted by Gasteiger charge is -2.16. The second kappa shape index (κ2) is 13.7. The van der Waals surface area contributed by atoms with Crippen molar-refractivity contribution in [2.24, 2.45) is 0 Å². The van der Waals surface area contributed by atoms with Gasteiger partial charge in [0.15, 0.2) is 0 Å². The van der Waals surface area contributed by atoms with Gasteiger partial charge in [-0.25, -0.2) is 21.6 Å². The van der Waals surface area contributed by atoms with Crippen LogP contribution in [0.5, 0.6) is 0 Å². The molecule has 41 heavy (non-hydrogen) atoms. The van der Waals surface area contributed by atoms with E-state index in [0.717, 1.165) is 22.3 Å². The zero-order valence-electron chi connectivity index (χ0n) is 22.2. The Labute approximate surface area is 244 Å². The van der Waals surface area contributed by atoms with Gasteiger partial charge in [-0.15, -0.1) is 0 Å². The van der Waals surface area contributed by atoms with Crippen molar-refractivity contribution in [3.8, 4) is 22.3 Å². The summed E-state index contributed by atoms with van der Waals surface area (Å²) in [5, 5.41) is 8.77. The van der Waals surface area contributed by atoms with E-state index in [1.165, 1.54) is 12.1 Å². The average Bonchev–Trinajstić information content (AvgIpc) is 2.93. The van der Waals surface area contributed by atoms with Crippen LogP contribution in [0, 0.1) is 13.8 Å². The lowest BCUT2D eigenvalue weighted by molar-refractivity contribution is -0.138. The molecule has 4 aromatic rings. The first kappa shape index (κ1) is 31.7. The van der Waals surface area contributed by atoms with Crippen molar-refractivity contribution < 1.29 is 31.5 Å². The van der Waals surface area contributed by atoms with E-state index in [-0.39, 0.29) is 16.1 Å². The molecule has 1 unspecified atom stereocenters. The van der Waals surface area contributed by atoms with Crippen LogP contribution in [0.15, 0.2) is 107 Å². The summed E-state index contributed by atoms with van der Waals surface area (Å²) in [5.41, 5.74) is 4.40. The zero-order valence-corrected chi connectivity index (χ0v) is 24.6. The van der Waals surface area contributed by atoms with E-state index in [0.29, 0.717) is 11.1 Å². The van der Waals surface area contributed by atoms with Gasteiger partial charge in [0.05, 0.1) is 22.3 Å². The maximum atomic E-state index is 12.7. The molecule has 1 atom stereocenters. The Morgan fingerprint density at radius 3 is 1.61 bits per heavy atom. The van der Waals surface area contributed by atoms with Gasteiger partial charge in [-0.1, -0.05) is 84.9 Å². The van der Waals surface area contributed by atoms with Crippen LogP contribution in [0.2, 0.25) is 0 Å². The average molecular weight is 614 g/mol. The predicted molar refractivity (Wildman–Crippen MR) is 159 cm³/mol. The first-order chi connectivity index (χ1) is 19.3. The summed E-state index contributed by atoms with van der Waals surface area (Å²) in [4.78, 5) is 21.9. The minimum Gasteiger partial charge on any atom is -0.481 e. The van der Waals surface area contributed by atoms with E-state index >= 15 is 0 Å². The molecule has 4 aromatic carbocycles. The Morgan fingerprint density at radius 1 is 0.756 bits per heavy atom. The van der Waals surface area contributed by atoms with Gasteiger partial charge in [-0.2, -0.15) is 0 Å². The van der Waals surface area contributed by atoms with Crippen LogP contribution in [0.3, 0.4) is 0 Å². The fraction of sp³-hybridized carbons (Fsp3) is 0.133. The van der Waals surface area contributed by atoms with Gasteiger partial charge in [-0.3, -0.25) is 4.79 Å². The number of hydrogen-bond donors (Lipinski definition) is 2. The number of carboxylic acid groups (broad SMARTS) is 1. The van der Waals surface area contributed by atoms with Crippen molar-refractivity contribution >= 4 is 42.0 Å². The molecule has 4 rings (SSSR count). The minimum atomic E-state index is -4.06. The van der Waals surface area contributed by atoms with Crippen LogP contribution >= 0.6 is 10.7 Å². The van der Waals surface area contributed by atoms with Crippen LogP contribution in [-0.4, -0.2) is 40.2 Å². The quantitative estimate of drug-likeness (QED) is 0.186. The number of carbonyl (C=O) groups excluding carboxylic acids is 1. The molecule has 0 fully saturated rings. The summed E-state index contributed by atoms with van der Waals surface area (Å²) in [6, 6.07) is 26.9. The molecule has 2 N–H and O–H groups in total. The first-order valence-electron chi connectivity index (χ1n) is 12.3. The Hall–Kier alpha value is -3.83. The highest BCUT2D eigenvalue weighted by Crippen LogP contribution is 2.32. The lowest BCUT2D eigenvalue weighted by atomic mass is 10.0. The second-order valence-corrected chi connectivity index (χ2v) is 13.2. The van der Waals surface area contributed by atoms with Gasteiger partial charge < -0.3 is 9.90 Å². The maximum Gasteiger partial charge on any atom is 0.305 e. The molecule has 214 valence electrons. The molecule has 8 nitrogen and oxygen atoms in total. The summed E-state index contributed by atoms with van der Waals surface area (Å²) in [6.45, 7) is 3.66. The normalized spacial score (nSPS) is 12.1. The summed E-state index contributed by atoms with van der Waals surface area (Å²) in [6.07, 6.45) is -0.334. The third kappa shape index (κ3) is 8.34. The van der Waals surface area contributed by atoms with Gasteiger partial charge in [0.2, 0.25) is 10.0 Å². The topological polar surface area (TPSA) is 135 Å². The van der Waals surface area contributed by atoms with Crippen LogP contribution in [0.25, 0.3) is 22.3 Å². The number of carbonyl (C=O) groups is 2. The molecule has 0 aliphatic rings. The number of carboxylic acids is 1. The van der Waals surface area contributed by atoms with Crippen molar-refractivity contribution in [3.63, 3.8) is 0 Å². The molecule has 0 saturated carbocycles. The standard InChI is InChI=1S/C17H17NO5S.C13H11ClO2S/c1-12-6-5-9-15(17(12)13-7-3-2-4-8-13)24(22,23)18-14(11-19)10-16(20)21;1-10-6-5-9-12(17(14,15)16)13(10)11-7-3-2-4-8-11/h2-9,11,14,18H,10H2,1H3,(H,20,21);2-9H,1H3. The summed E-state index contributed by atoms with van der Waals surface area (Å²) < 4.78 is 50.6. The number of halogens is 1. The van der Waals surface area contributed by atoms with Crippen LogP contribution in [0.1, 0.15) is 17.5 Å². The smallest absolute Gasteiger partial charge is 0.305 e. The molecule has 0 amide bonds. The number of aldehydes is 1. The van der Waals surface area contributed by atoms with Gasteiger partial charge in [0, 0.05) is 21.8 Å². The first-order valence-corrected chi connectivity index (χ1v) is 16.1. The molecule has 0 heterocycles. The van der Waals surface area contributed by atoms with Crippen molar-refractivity contribution in [3.05, 3.63) is 108 Å². The van der Waals surface area contributed by atoms with Gasteiger partial charge in [0.1, 0.15) is 6.29 Å². The van der Waals surface area contributed by atoms with Crippen molar-refractivity contribution in [2.45, 2.75) is 36.1 Å². The molecule has 0 aliphatic heterocycles. The van der Waals surface area contributed by atoms with Gasteiger partial charge >= 0.3 is 5.97 Å². The Morgan fingerprint density at radius 2 is 1.20 bits per heavy atom. The number of hydrogen-bond acceptors (Lipinski definition) is 6. The Bertz CT molecular complexity index is 1740. The molecule has 0 bridgehead atoms. The highest BCUT2D eigenvalue weighted by molar-refractivity contribution is 8.13. The maximum absolute atomic E-state index is 12.7. The largest absolute Gasteiger partial charge is 0.481 e. The monoisotopic (exact) mass is 613 g/mol. The molecule has 0 aliphatic carbocycles. The summed E-state index contributed by atoms with van der Waals surface area (Å²) >= 11 is 0. The molecular weight excluding hydrogens is 586 g/mol. The van der Waals surface area contributed by atoms with Crippen molar-refractivity contribution in [2.75, 3.05) is 0 Å². The third-order valence-corrected chi connectivity index (χ3v) is 8.91. The second-order valence-electron chi connectivity index (χ2n) is 9.03. The minimum absolute atomic E-state index is 0.00550. The highest BCUT2D eigenvalue weighted by atomic mass is 35.7. The number of nitrogens with one attached hydrogen (secondary N) is 1. The molecule has 11 heteroatoms. The van der Waals surface area contributed by atoms with E-state index in [4.69, 9.17) is 15.8 Å². The number of benzene rings is 4. The zero-order chi connectivity index (χ0) is 30.2. The van der Waals surface area contributed by atoms with Crippen molar-refractivity contribution in [1.29, 1.82) is 0 Å². The van der Waals surface area contributed by atoms with Crippen LogP contribution in [-0.2, 0) is 28.7 Å². The van der Waals surface area contributed by atoms with E-state index < -0.39 is 37.5 Å². The van der Waals surface area contributed by atoms with Crippen LogP contribution in [0.4, 0.5) is 0 Å². The molecule has 0 radical (unpaired) electrons. The van der Waals surface area contributed by atoms with Gasteiger partial charge in [-0.05, 0) is 48.2 Å². The lowest BCUT2D eigenvalue weighted by Crippen LogP contribution is -2.37. The number of aryl methyl sites for hydroxylation is 2. The molecule has 0 aromatic heterocycles. The van der Waals surface area contributed by atoms with E-state index in [1.807, 2.05) is 49.4 Å².